The number of thiophene rings is 1. The van der Waals surface area contributed by atoms with E-state index in [-0.39, 0.29) is 23.2 Å². The number of tetrazole rings is 1. The van der Waals surface area contributed by atoms with Crippen LogP contribution < -0.4 is 4.74 Å². The number of sulfonamides is 1. The van der Waals surface area contributed by atoms with Crippen LogP contribution in [0.3, 0.4) is 0 Å². The van der Waals surface area contributed by atoms with Crippen LogP contribution in [0.5, 0.6) is 5.75 Å². The normalized spacial score (nSPS) is 17.9. The second-order valence-electron chi connectivity index (χ2n) is 6.35. The van der Waals surface area contributed by atoms with Crippen LogP contribution in [-0.2, 0) is 16.6 Å². The lowest BCUT2D eigenvalue weighted by atomic mass is 10.2. The molecule has 3 aromatic rings. The van der Waals surface area contributed by atoms with E-state index in [1.54, 1.807) is 0 Å². The molecule has 148 valence electrons. The van der Waals surface area contributed by atoms with Crippen molar-refractivity contribution in [3.8, 4) is 16.5 Å². The zero-order valence-electron chi connectivity index (χ0n) is 15.0. The number of benzene rings is 1. The molecule has 0 aliphatic carbocycles. The molecule has 0 radical (unpaired) electrons. The molecule has 1 aromatic carbocycles. The number of halogens is 1. The molecule has 0 amide bonds. The van der Waals surface area contributed by atoms with Gasteiger partial charge < -0.3 is 4.74 Å². The van der Waals surface area contributed by atoms with Gasteiger partial charge in [0.2, 0.25) is 15.8 Å². The van der Waals surface area contributed by atoms with Crippen molar-refractivity contribution in [2.24, 2.45) is 0 Å². The van der Waals surface area contributed by atoms with Gasteiger partial charge in [-0.05, 0) is 47.7 Å². The van der Waals surface area contributed by atoms with Gasteiger partial charge in [0.05, 0.1) is 18.5 Å². The quantitative estimate of drug-likeness (QED) is 0.605. The third kappa shape index (κ3) is 3.52. The molecular weight excluding hydrogens is 405 g/mol. The highest BCUT2D eigenvalue weighted by molar-refractivity contribution is 7.89. The second-order valence-corrected chi connectivity index (χ2v) is 9.16. The molecule has 28 heavy (non-hydrogen) atoms. The van der Waals surface area contributed by atoms with Crippen LogP contribution in [0.25, 0.3) is 10.7 Å². The van der Waals surface area contributed by atoms with Crippen molar-refractivity contribution in [3.05, 3.63) is 41.5 Å². The van der Waals surface area contributed by atoms with E-state index >= 15 is 0 Å². The van der Waals surface area contributed by atoms with E-state index < -0.39 is 15.8 Å². The Hall–Kier alpha value is -2.37. The molecule has 4 rings (SSSR count). The lowest BCUT2D eigenvalue weighted by Crippen LogP contribution is -2.38. The molecule has 0 N–H and O–H groups in total. The Morgan fingerprint density at radius 1 is 1.36 bits per heavy atom. The molecule has 1 aliphatic rings. The number of aromatic nitrogens is 4. The molecule has 3 heterocycles. The Kier molecular flexibility index (Phi) is 5.13. The maximum Gasteiger partial charge on any atom is 0.247 e. The van der Waals surface area contributed by atoms with Gasteiger partial charge in [-0.25, -0.2) is 12.8 Å². The smallest absolute Gasteiger partial charge is 0.247 e. The summed E-state index contributed by atoms with van der Waals surface area (Å²) in [6, 6.07) is 6.94. The lowest BCUT2D eigenvalue weighted by molar-refractivity contribution is 0.321. The van der Waals surface area contributed by atoms with Gasteiger partial charge in [0.1, 0.15) is 16.5 Å². The standard InChI is InChI=1S/C17H18FN5O3S2/c1-26-14-7-6-12(18)10-16(14)28(24,25)22-8-2-4-13(22)11-23-20-17(19-21-23)15-5-3-9-27-15/h3,5-7,9-10,13H,2,4,8,11H2,1H3/t13-/m1/s1. The second kappa shape index (κ2) is 7.57. The first-order valence-corrected chi connectivity index (χ1v) is 11.0. The minimum absolute atomic E-state index is 0.117. The van der Waals surface area contributed by atoms with Crippen LogP contribution in [0, 0.1) is 5.82 Å². The average molecular weight is 423 g/mol. The average Bonchev–Trinajstić information content (AvgIpc) is 3.43. The van der Waals surface area contributed by atoms with Gasteiger partial charge in [0.25, 0.3) is 0 Å². The minimum Gasteiger partial charge on any atom is -0.495 e. The van der Waals surface area contributed by atoms with E-state index in [0.29, 0.717) is 25.2 Å². The first-order valence-electron chi connectivity index (χ1n) is 8.66. The van der Waals surface area contributed by atoms with Gasteiger partial charge >= 0.3 is 0 Å². The van der Waals surface area contributed by atoms with Crippen molar-refractivity contribution >= 4 is 21.4 Å². The zero-order valence-corrected chi connectivity index (χ0v) is 16.7. The maximum atomic E-state index is 13.7. The Labute approximate surface area is 165 Å². The highest BCUT2D eigenvalue weighted by Gasteiger charge is 2.37. The fraction of sp³-hybridized carbons (Fsp3) is 0.353. The molecule has 8 nitrogen and oxygen atoms in total. The largest absolute Gasteiger partial charge is 0.495 e. The number of methoxy groups -OCH3 is 1. The highest BCUT2D eigenvalue weighted by atomic mass is 32.2. The molecule has 1 fully saturated rings. The number of nitrogens with zero attached hydrogens (tertiary/aromatic N) is 5. The Bertz CT molecular complexity index is 1070. The van der Waals surface area contributed by atoms with Crippen LogP contribution in [0.15, 0.2) is 40.6 Å². The van der Waals surface area contributed by atoms with Crippen LogP contribution >= 0.6 is 11.3 Å². The molecule has 1 atom stereocenters. The van der Waals surface area contributed by atoms with Gasteiger partial charge in [-0.2, -0.15) is 9.10 Å². The molecule has 0 saturated carbocycles. The third-order valence-electron chi connectivity index (χ3n) is 4.60. The van der Waals surface area contributed by atoms with Gasteiger partial charge in [0.15, 0.2) is 0 Å². The van der Waals surface area contributed by atoms with Crippen LogP contribution in [-0.4, -0.2) is 52.6 Å². The number of hydrogen-bond donors (Lipinski definition) is 0. The molecule has 2 aromatic heterocycles. The molecule has 0 spiro atoms. The van der Waals surface area contributed by atoms with E-state index in [4.69, 9.17) is 4.74 Å². The van der Waals surface area contributed by atoms with E-state index in [1.807, 2.05) is 17.5 Å². The van der Waals surface area contributed by atoms with Crippen molar-refractivity contribution in [2.75, 3.05) is 13.7 Å². The predicted octanol–water partition coefficient (Wildman–Crippen LogP) is 2.40. The molecular formula is C17H18FN5O3S2. The van der Waals surface area contributed by atoms with Crippen molar-refractivity contribution in [3.63, 3.8) is 0 Å². The van der Waals surface area contributed by atoms with Gasteiger partial charge in [-0.15, -0.1) is 21.5 Å². The maximum absolute atomic E-state index is 13.7. The fourth-order valence-electron chi connectivity index (χ4n) is 3.30. The summed E-state index contributed by atoms with van der Waals surface area (Å²) in [5.74, 6) is -0.00577. The summed E-state index contributed by atoms with van der Waals surface area (Å²) < 4.78 is 46.6. The number of ether oxygens (including phenoxy) is 1. The zero-order chi connectivity index (χ0) is 19.7. The van der Waals surface area contributed by atoms with Crippen molar-refractivity contribution < 1.29 is 17.5 Å². The van der Waals surface area contributed by atoms with Crippen molar-refractivity contribution in [1.82, 2.24) is 24.5 Å². The monoisotopic (exact) mass is 423 g/mol. The molecule has 0 bridgehead atoms. The number of hydrogen-bond acceptors (Lipinski definition) is 7. The summed E-state index contributed by atoms with van der Waals surface area (Å²) >= 11 is 1.51. The first-order chi connectivity index (χ1) is 13.5. The van der Waals surface area contributed by atoms with E-state index in [1.165, 1.54) is 39.7 Å². The lowest BCUT2D eigenvalue weighted by Gasteiger charge is -2.24. The summed E-state index contributed by atoms with van der Waals surface area (Å²) in [6.45, 7) is 0.619. The topological polar surface area (TPSA) is 90.2 Å². The van der Waals surface area contributed by atoms with Gasteiger partial charge in [0, 0.05) is 12.6 Å². The fourth-order valence-corrected chi connectivity index (χ4v) is 5.80. The number of rotatable bonds is 6. The Morgan fingerprint density at radius 2 is 2.21 bits per heavy atom. The summed E-state index contributed by atoms with van der Waals surface area (Å²) in [4.78, 5) is 2.13. The Balaban J connectivity index is 1.59. The predicted molar refractivity (Wildman–Crippen MR) is 101 cm³/mol. The molecule has 1 aliphatic heterocycles. The van der Waals surface area contributed by atoms with Crippen LogP contribution in [0.2, 0.25) is 0 Å². The van der Waals surface area contributed by atoms with Crippen LogP contribution in [0.1, 0.15) is 12.8 Å². The van der Waals surface area contributed by atoms with Crippen LogP contribution in [0.4, 0.5) is 4.39 Å². The van der Waals surface area contributed by atoms with Gasteiger partial charge in [-0.3, -0.25) is 0 Å². The Morgan fingerprint density at radius 3 is 2.96 bits per heavy atom. The SMILES string of the molecule is COc1ccc(F)cc1S(=O)(=O)N1CCC[C@@H]1Cn1nnc(-c2cccs2)n1. The van der Waals surface area contributed by atoms with Crippen molar-refractivity contribution in [1.29, 1.82) is 0 Å². The molecule has 11 heteroatoms. The third-order valence-corrected chi connectivity index (χ3v) is 7.44. The van der Waals surface area contributed by atoms with E-state index in [9.17, 15) is 12.8 Å². The van der Waals surface area contributed by atoms with E-state index in [2.05, 4.69) is 15.4 Å². The van der Waals surface area contributed by atoms with Crippen molar-refractivity contribution in [2.45, 2.75) is 30.3 Å². The van der Waals surface area contributed by atoms with Gasteiger partial charge in [-0.1, -0.05) is 6.07 Å². The molecule has 1 saturated heterocycles. The highest BCUT2D eigenvalue weighted by Crippen LogP contribution is 2.32. The van der Waals surface area contributed by atoms with E-state index in [0.717, 1.165) is 10.9 Å². The first kappa shape index (κ1) is 19.0. The minimum atomic E-state index is -3.93. The molecule has 0 unspecified atom stereocenters. The summed E-state index contributed by atoms with van der Waals surface area (Å²) in [7, 11) is -2.57. The summed E-state index contributed by atoms with van der Waals surface area (Å²) in [5, 5.41) is 14.4. The summed E-state index contributed by atoms with van der Waals surface area (Å²) in [5.41, 5.74) is 0. The summed E-state index contributed by atoms with van der Waals surface area (Å²) in [6.07, 6.45) is 1.36.